The van der Waals surface area contributed by atoms with Crippen LogP contribution in [0.4, 0.5) is 4.39 Å². The minimum atomic E-state index is -3.75. The fourth-order valence-electron chi connectivity index (χ4n) is 2.59. The van der Waals surface area contributed by atoms with E-state index in [9.17, 15) is 12.8 Å². The van der Waals surface area contributed by atoms with Gasteiger partial charge in [0.2, 0.25) is 10.0 Å². The van der Waals surface area contributed by atoms with Gasteiger partial charge in [-0.3, -0.25) is 0 Å². The lowest BCUT2D eigenvalue weighted by Gasteiger charge is -2.33. The smallest absolute Gasteiger partial charge is 0.211 e. The summed E-state index contributed by atoms with van der Waals surface area (Å²) in [5, 5.41) is 0. The quantitative estimate of drug-likeness (QED) is 0.924. The third-order valence-electron chi connectivity index (χ3n) is 3.88. The first kappa shape index (κ1) is 14.5. The molecule has 0 amide bonds. The molecule has 2 rings (SSSR count). The molecule has 1 aliphatic rings. The third-order valence-corrected chi connectivity index (χ3v) is 5.31. The zero-order valence-electron chi connectivity index (χ0n) is 11.2. The Bertz CT molecular complexity index is 536. The Morgan fingerprint density at radius 3 is 2.47 bits per heavy atom. The van der Waals surface area contributed by atoms with E-state index in [1.807, 2.05) is 0 Å². The second-order valence-electron chi connectivity index (χ2n) is 5.63. The number of benzene rings is 1. The van der Waals surface area contributed by atoms with Crippen LogP contribution >= 0.6 is 0 Å². The predicted molar refractivity (Wildman–Crippen MR) is 72.8 cm³/mol. The van der Waals surface area contributed by atoms with Gasteiger partial charge in [0.05, 0.1) is 0 Å². The maximum Gasteiger partial charge on any atom is 0.243 e. The molecule has 3 nitrogen and oxygen atoms in total. The molecule has 0 unspecified atom stereocenters. The summed E-state index contributed by atoms with van der Waals surface area (Å²) < 4.78 is 40.3. The molecule has 0 spiro atoms. The molecule has 0 heterocycles. The van der Waals surface area contributed by atoms with Gasteiger partial charge in [-0.2, -0.15) is 0 Å². The molecule has 0 aliphatic heterocycles. The Kier molecular flexibility index (Phi) is 4.26. The molecule has 106 valence electrons. The molecule has 5 heteroatoms. The molecule has 0 saturated heterocycles. The number of sulfonamides is 1. The van der Waals surface area contributed by atoms with Crippen molar-refractivity contribution >= 4 is 10.0 Å². The molecule has 1 aliphatic carbocycles. The Hall–Kier alpha value is -0.940. The molecular formula is C14H20FNO2S. The van der Waals surface area contributed by atoms with Crippen LogP contribution in [-0.2, 0) is 10.0 Å². The van der Waals surface area contributed by atoms with E-state index >= 15 is 0 Å². The minimum Gasteiger partial charge on any atom is -0.211 e. The van der Waals surface area contributed by atoms with Gasteiger partial charge in [0.15, 0.2) is 0 Å². The fourth-order valence-corrected chi connectivity index (χ4v) is 3.87. The van der Waals surface area contributed by atoms with Crippen molar-refractivity contribution in [3.63, 3.8) is 0 Å². The van der Waals surface area contributed by atoms with Gasteiger partial charge in [0, 0.05) is 6.54 Å². The van der Waals surface area contributed by atoms with Crippen LogP contribution in [0.3, 0.4) is 0 Å². The lowest BCUT2D eigenvalue weighted by atomic mass is 9.76. The standard InChI is InChI=1S/C14H20FNO2S/c1-14(9-5-2-6-10-14)11-16-19(17,18)13-8-4-3-7-12(13)15/h3-4,7-8,16H,2,5-6,9-11H2,1H3. The normalized spacial score (nSPS) is 19.3. The van der Waals surface area contributed by atoms with Crippen LogP contribution in [0.15, 0.2) is 29.2 Å². The zero-order chi connectivity index (χ0) is 13.9. The van der Waals surface area contributed by atoms with Crippen LogP contribution in [0.2, 0.25) is 0 Å². The Balaban J connectivity index is 2.08. The summed E-state index contributed by atoms with van der Waals surface area (Å²) in [5.41, 5.74) is -0.00340. The number of hydrogen-bond donors (Lipinski definition) is 1. The van der Waals surface area contributed by atoms with E-state index in [2.05, 4.69) is 11.6 Å². The van der Waals surface area contributed by atoms with E-state index in [1.165, 1.54) is 24.6 Å². The number of nitrogens with one attached hydrogen (secondary N) is 1. The Morgan fingerprint density at radius 1 is 1.21 bits per heavy atom. The summed E-state index contributed by atoms with van der Waals surface area (Å²) in [7, 11) is -3.75. The summed E-state index contributed by atoms with van der Waals surface area (Å²) in [5.74, 6) is -0.705. The Morgan fingerprint density at radius 2 is 1.84 bits per heavy atom. The van der Waals surface area contributed by atoms with Crippen molar-refractivity contribution < 1.29 is 12.8 Å². The highest BCUT2D eigenvalue weighted by molar-refractivity contribution is 7.89. The van der Waals surface area contributed by atoms with E-state index < -0.39 is 15.8 Å². The zero-order valence-corrected chi connectivity index (χ0v) is 12.0. The first-order valence-electron chi connectivity index (χ1n) is 6.67. The average Bonchev–Trinajstić information content (AvgIpc) is 2.38. The maximum absolute atomic E-state index is 13.5. The second-order valence-corrected chi connectivity index (χ2v) is 7.36. The van der Waals surface area contributed by atoms with Gasteiger partial charge in [-0.1, -0.05) is 38.3 Å². The molecule has 0 aromatic heterocycles. The molecule has 0 bridgehead atoms. The highest BCUT2D eigenvalue weighted by atomic mass is 32.2. The van der Waals surface area contributed by atoms with Gasteiger partial charge in [0.25, 0.3) is 0 Å². The van der Waals surface area contributed by atoms with Crippen molar-refractivity contribution in [1.82, 2.24) is 4.72 Å². The summed E-state index contributed by atoms with van der Waals surface area (Å²) in [6.45, 7) is 2.47. The van der Waals surface area contributed by atoms with Crippen molar-refractivity contribution in [3.8, 4) is 0 Å². The SMILES string of the molecule is CC1(CNS(=O)(=O)c2ccccc2F)CCCCC1. The molecule has 19 heavy (non-hydrogen) atoms. The van der Waals surface area contributed by atoms with Crippen molar-refractivity contribution in [2.75, 3.05) is 6.54 Å². The van der Waals surface area contributed by atoms with Gasteiger partial charge in [-0.05, 0) is 30.4 Å². The lowest BCUT2D eigenvalue weighted by molar-refractivity contribution is 0.219. The van der Waals surface area contributed by atoms with Crippen LogP contribution in [0, 0.1) is 11.2 Å². The monoisotopic (exact) mass is 285 g/mol. The molecule has 1 aromatic rings. The fraction of sp³-hybridized carbons (Fsp3) is 0.571. The molecular weight excluding hydrogens is 265 g/mol. The second kappa shape index (κ2) is 5.59. The minimum absolute atomic E-state index is 0.00340. The van der Waals surface area contributed by atoms with Crippen LogP contribution in [0.1, 0.15) is 39.0 Å². The van der Waals surface area contributed by atoms with Crippen molar-refractivity contribution in [3.05, 3.63) is 30.1 Å². The topological polar surface area (TPSA) is 46.2 Å². The third kappa shape index (κ3) is 3.54. The van der Waals surface area contributed by atoms with E-state index in [0.29, 0.717) is 6.54 Å². The first-order chi connectivity index (χ1) is 8.93. The van der Waals surface area contributed by atoms with Crippen LogP contribution in [-0.4, -0.2) is 15.0 Å². The van der Waals surface area contributed by atoms with E-state index in [-0.39, 0.29) is 10.3 Å². The van der Waals surface area contributed by atoms with Crippen molar-refractivity contribution in [2.24, 2.45) is 5.41 Å². The first-order valence-corrected chi connectivity index (χ1v) is 8.16. The van der Waals surface area contributed by atoms with Crippen LogP contribution in [0.25, 0.3) is 0 Å². The molecule has 1 N–H and O–H groups in total. The molecule has 0 radical (unpaired) electrons. The highest BCUT2D eigenvalue weighted by Crippen LogP contribution is 2.35. The van der Waals surface area contributed by atoms with E-state index in [4.69, 9.17) is 0 Å². The van der Waals surface area contributed by atoms with Gasteiger partial charge >= 0.3 is 0 Å². The number of rotatable bonds is 4. The predicted octanol–water partition coefficient (Wildman–Crippen LogP) is 3.07. The van der Waals surface area contributed by atoms with Crippen molar-refractivity contribution in [2.45, 2.75) is 43.9 Å². The lowest BCUT2D eigenvalue weighted by Crippen LogP contribution is -2.37. The van der Waals surface area contributed by atoms with Gasteiger partial charge in [-0.15, -0.1) is 0 Å². The van der Waals surface area contributed by atoms with E-state index in [1.54, 1.807) is 0 Å². The highest BCUT2D eigenvalue weighted by Gasteiger charge is 2.29. The van der Waals surface area contributed by atoms with E-state index in [0.717, 1.165) is 31.7 Å². The van der Waals surface area contributed by atoms with Gasteiger partial charge in [0.1, 0.15) is 10.7 Å². The Labute approximate surface area is 114 Å². The van der Waals surface area contributed by atoms with Crippen LogP contribution in [0.5, 0.6) is 0 Å². The molecule has 1 saturated carbocycles. The maximum atomic E-state index is 13.5. The van der Waals surface area contributed by atoms with Gasteiger partial charge < -0.3 is 0 Å². The summed E-state index contributed by atoms with van der Waals surface area (Å²) in [4.78, 5) is -0.269. The molecule has 1 aromatic carbocycles. The largest absolute Gasteiger partial charge is 0.243 e. The summed E-state index contributed by atoms with van der Waals surface area (Å²) in [6.07, 6.45) is 5.53. The summed E-state index contributed by atoms with van der Waals surface area (Å²) in [6, 6.07) is 5.47. The molecule has 0 atom stereocenters. The average molecular weight is 285 g/mol. The number of halogens is 1. The van der Waals surface area contributed by atoms with Crippen molar-refractivity contribution in [1.29, 1.82) is 0 Å². The molecule has 1 fully saturated rings. The van der Waals surface area contributed by atoms with Gasteiger partial charge in [-0.25, -0.2) is 17.5 Å². The van der Waals surface area contributed by atoms with Crippen LogP contribution < -0.4 is 4.72 Å². The summed E-state index contributed by atoms with van der Waals surface area (Å²) >= 11 is 0. The number of hydrogen-bond acceptors (Lipinski definition) is 2.